The number of hydrogen-bond acceptors (Lipinski definition) is 2. The smallest absolute Gasteiger partial charge is 0.103 e. The minimum atomic E-state index is -0.537. The van der Waals surface area contributed by atoms with E-state index in [1.54, 1.807) is 0 Å². The number of rotatable bonds is 6. The third-order valence-corrected chi connectivity index (χ3v) is 3.83. The summed E-state index contributed by atoms with van der Waals surface area (Å²) in [5, 5.41) is 12.6. The van der Waals surface area contributed by atoms with Crippen LogP contribution >= 0.6 is 0 Å². The van der Waals surface area contributed by atoms with Gasteiger partial charge in [0.15, 0.2) is 0 Å². The van der Waals surface area contributed by atoms with Crippen molar-refractivity contribution in [1.82, 2.24) is 0 Å². The molecular formula is C17H20O2. The van der Waals surface area contributed by atoms with Crippen LogP contribution < -0.4 is 0 Å². The Kier molecular flexibility index (Phi) is 3.81. The maximum Gasteiger partial charge on any atom is 0.103 e. The summed E-state index contributed by atoms with van der Waals surface area (Å²) in [7, 11) is 0. The first-order valence-corrected chi connectivity index (χ1v) is 7.08. The SMILES string of the molecule is OC(COCCC1CC1)c1cccc2ccccc12. The zero-order valence-electron chi connectivity index (χ0n) is 11.1. The average Bonchev–Trinajstić information content (AvgIpc) is 3.27. The van der Waals surface area contributed by atoms with Gasteiger partial charge < -0.3 is 9.84 Å². The van der Waals surface area contributed by atoms with Gasteiger partial charge in [0.05, 0.1) is 6.61 Å². The van der Waals surface area contributed by atoms with Gasteiger partial charge >= 0.3 is 0 Å². The van der Waals surface area contributed by atoms with Crippen LogP contribution in [0.15, 0.2) is 42.5 Å². The van der Waals surface area contributed by atoms with Gasteiger partial charge in [-0.05, 0) is 28.7 Å². The van der Waals surface area contributed by atoms with Crippen LogP contribution in [-0.2, 0) is 4.74 Å². The molecule has 1 atom stereocenters. The summed E-state index contributed by atoms with van der Waals surface area (Å²) in [6.45, 7) is 1.16. The summed E-state index contributed by atoms with van der Waals surface area (Å²) in [5.41, 5.74) is 0.963. The second kappa shape index (κ2) is 5.72. The number of benzene rings is 2. The molecule has 0 amide bonds. The van der Waals surface area contributed by atoms with E-state index < -0.39 is 6.10 Å². The molecule has 1 saturated carbocycles. The van der Waals surface area contributed by atoms with E-state index in [2.05, 4.69) is 18.2 Å². The minimum Gasteiger partial charge on any atom is -0.386 e. The lowest BCUT2D eigenvalue weighted by Crippen LogP contribution is -2.08. The van der Waals surface area contributed by atoms with Crippen molar-refractivity contribution in [2.24, 2.45) is 5.92 Å². The molecule has 0 heterocycles. The molecule has 19 heavy (non-hydrogen) atoms. The first-order valence-electron chi connectivity index (χ1n) is 7.08. The molecular weight excluding hydrogens is 236 g/mol. The quantitative estimate of drug-likeness (QED) is 0.799. The van der Waals surface area contributed by atoms with Gasteiger partial charge in [-0.25, -0.2) is 0 Å². The number of hydrogen-bond donors (Lipinski definition) is 1. The van der Waals surface area contributed by atoms with Gasteiger partial charge in [0, 0.05) is 6.61 Å². The Morgan fingerprint density at radius 3 is 2.74 bits per heavy atom. The van der Waals surface area contributed by atoms with Gasteiger partial charge in [-0.2, -0.15) is 0 Å². The van der Waals surface area contributed by atoms with Gasteiger partial charge in [-0.15, -0.1) is 0 Å². The summed E-state index contributed by atoms with van der Waals surface area (Å²) in [4.78, 5) is 0. The van der Waals surface area contributed by atoms with Crippen molar-refractivity contribution in [2.45, 2.75) is 25.4 Å². The van der Waals surface area contributed by atoms with E-state index in [4.69, 9.17) is 4.74 Å². The van der Waals surface area contributed by atoms with Crippen molar-refractivity contribution < 1.29 is 9.84 Å². The van der Waals surface area contributed by atoms with Gasteiger partial charge in [-0.3, -0.25) is 0 Å². The number of fused-ring (bicyclic) bond motifs is 1. The predicted octanol–water partition coefficient (Wildman–Crippen LogP) is 3.69. The molecule has 2 nitrogen and oxygen atoms in total. The highest BCUT2D eigenvalue weighted by molar-refractivity contribution is 5.85. The maximum absolute atomic E-state index is 10.3. The third kappa shape index (κ3) is 3.14. The Labute approximate surface area is 114 Å². The highest BCUT2D eigenvalue weighted by atomic mass is 16.5. The van der Waals surface area contributed by atoms with Crippen molar-refractivity contribution in [3.63, 3.8) is 0 Å². The Balaban J connectivity index is 1.64. The van der Waals surface area contributed by atoms with E-state index >= 15 is 0 Å². The molecule has 0 aromatic heterocycles. The summed E-state index contributed by atoms with van der Waals surface area (Å²) in [5.74, 6) is 0.884. The van der Waals surface area contributed by atoms with Gasteiger partial charge in [0.1, 0.15) is 6.10 Å². The van der Waals surface area contributed by atoms with Gasteiger partial charge in [0.2, 0.25) is 0 Å². The Morgan fingerprint density at radius 1 is 1.11 bits per heavy atom. The van der Waals surface area contributed by atoms with Crippen LogP contribution in [0.1, 0.15) is 30.9 Å². The molecule has 100 valence electrons. The van der Waals surface area contributed by atoms with Crippen LogP contribution in [0.5, 0.6) is 0 Å². The standard InChI is InChI=1S/C17H20O2/c18-17(12-19-11-10-13-8-9-13)16-7-3-5-14-4-1-2-6-15(14)16/h1-7,13,17-18H,8-12H2. The molecule has 1 unspecified atom stereocenters. The molecule has 0 bridgehead atoms. The monoisotopic (exact) mass is 256 g/mol. The van der Waals surface area contributed by atoms with E-state index in [-0.39, 0.29) is 0 Å². The largest absolute Gasteiger partial charge is 0.386 e. The highest BCUT2D eigenvalue weighted by Gasteiger charge is 2.20. The molecule has 2 aromatic rings. The Bertz CT molecular complexity index is 540. The lowest BCUT2D eigenvalue weighted by atomic mass is 10.0. The van der Waals surface area contributed by atoms with Crippen LogP contribution in [0.2, 0.25) is 0 Å². The second-order valence-corrected chi connectivity index (χ2v) is 5.39. The first-order chi connectivity index (χ1) is 9.34. The van der Waals surface area contributed by atoms with Crippen molar-refractivity contribution in [1.29, 1.82) is 0 Å². The fourth-order valence-electron chi connectivity index (χ4n) is 2.48. The average molecular weight is 256 g/mol. The third-order valence-electron chi connectivity index (χ3n) is 3.83. The molecule has 2 aromatic carbocycles. The molecule has 1 aliphatic rings. The number of aliphatic hydroxyl groups is 1. The Morgan fingerprint density at radius 2 is 1.89 bits per heavy atom. The highest BCUT2D eigenvalue weighted by Crippen LogP contribution is 2.32. The molecule has 0 saturated heterocycles. The zero-order valence-corrected chi connectivity index (χ0v) is 11.1. The lowest BCUT2D eigenvalue weighted by Gasteiger charge is -2.14. The van der Waals surface area contributed by atoms with Gasteiger partial charge in [0.25, 0.3) is 0 Å². The topological polar surface area (TPSA) is 29.5 Å². The molecule has 1 N–H and O–H groups in total. The van der Waals surface area contributed by atoms with Crippen molar-refractivity contribution in [3.8, 4) is 0 Å². The van der Waals surface area contributed by atoms with Gasteiger partial charge in [-0.1, -0.05) is 55.3 Å². The van der Waals surface area contributed by atoms with E-state index in [0.717, 1.165) is 35.3 Å². The summed E-state index contributed by atoms with van der Waals surface area (Å²) in [6, 6.07) is 14.2. The van der Waals surface area contributed by atoms with Crippen LogP contribution in [0, 0.1) is 5.92 Å². The van der Waals surface area contributed by atoms with Crippen LogP contribution in [0.4, 0.5) is 0 Å². The lowest BCUT2D eigenvalue weighted by molar-refractivity contribution is 0.0343. The summed E-state index contributed by atoms with van der Waals surface area (Å²) >= 11 is 0. The summed E-state index contributed by atoms with van der Waals surface area (Å²) < 4.78 is 5.60. The van der Waals surface area contributed by atoms with Crippen molar-refractivity contribution >= 4 is 10.8 Å². The van der Waals surface area contributed by atoms with E-state index in [1.807, 2.05) is 24.3 Å². The molecule has 2 heteroatoms. The normalized spacial score (nSPS) is 16.7. The minimum absolute atomic E-state index is 0.390. The van der Waals surface area contributed by atoms with E-state index in [0.29, 0.717) is 6.61 Å². The molecule has 3 rings (SSSR count). The van der Waals surface area contributed by atoms with Crippen molar-refractivity contribution in [2.75, 3.05) is 13.2 Å². The first kappa shape index (κ1) is 12.6. The fraction of sp³-hybridized carbons (Fsp3) is 0.412. The van der Waals surface area contributed by atoms with Crippen molar-refractivity contribution in [3.05, 3.63) is 48.0 Å². The van der Waals surface area contributed by atoms with E-state index in [9.17, 15) is 5.11 Å². The summed E-state index contributed by atoms with van der Waals surface area (Å²) in [6.07, 6.45) is 3.32. The molecule has 0 spiro atoms. The molecule has 0 aliphatic heterocycles. The van der Waals surface area contributed by atoms with E-state index in [1.165, 1.54) is 12.8 Å². The van der Waals surface area contributed by atoms with Crippen LogP contribution in [0.3, 0.4) is 0 Å². The molecule has 1 aliphatic carbocycles. The molecule has 0 radical (unpaired) electrons. The molecule has 1 fully saturated rings. The number of ether oxygens (including phenoxy) is 1. The zero-order chi connectivity index (χ0) is 13.1. The van der Waals surface area contributed by atoms with Crippen LogP contribution in [0.25, 0.3) is 10.8 Å². The predicted molar refractivity (Wildman–Crippen MR) is 77.1 cm³/mol. The second-order valence-electron chi connectivity index (χ2n) is 5.39. The van der Waals surface area contributed by atoms with Crippen LogP contribution in [-0.4, -0.2) is 18.3 Å². The fourth-order valence-corrected chi connectivity index (χ4v) is 2.48. The Hall–Kier alpha value is -1.38. The maximum atomic E-state index is 10.3. The number of aliphatic hydroxyl groups excluding tert-OH is 1.